The highest BCUT2D eigenvalue weighted by molar-refractivity contribution is 5.89. The van der Waals surface area contributed by atoms with Crippen LogP contribution in [0.1, 0.15) is 10.4 Å². The van der Waals surface area contributed by atoms with E-state index in [0.29, 0.717) is 16.9 Å². The molecule has 0 saturated heterocycles. The molecule has 2 aromatic rings. The van der Waals surface area contributed by atoms with Gasteiger partial charge in [0, 0.05) is 12.4 Å². The molecule has 0 spiro atoms. The van der Waals surface area contributed by atoms with E-state index in [-0.39, 0.29) is 0 Å². The maximum absolute atomic E-state index is 11.1. The molecule has 0 bridgehead atoms. The second kappa shape index (κ2) is 2.99. The molecule has 0 aliphatic rings. The SMILES string of the molecule is COC(=O)c1cnc2c(N)cnn2c1. The van der Waals surface area contributed by atoms with Gasteiger partial charge < -0.3 is 10.5 Å². The van der Waals surface area contributed by atoms with Crippen LogP contribution in [0.3, 0.4) is 0 Å². The second-order valence-electron chi connectivity index (χ2n) is 2.70. The minimum absolute atomic E-state index is 0.336. The van der Waals surface area contributed by atoms with E-state index in [0.717, 1.165) is 0 Å². The molecule has 0 amide bonds. The number of anilines is 1. The number of fused-ring (bicyclic) bond motifs is 1. The van der Waals surface area contributed by atoms with Crippen molar-refractivity contribution in [3.8, 4) is 0 Å². The number of esters is 1. The molecule has 0 radical (unpaired) electrons. The molecule has 0 unspecified atom stereocenters. The summed E-state index contributed by atoms with van der Waals surface area (Å²) >= 11 is 0. The Bertz CT molecular complexity index is 491. The summed E-state index contributed by atoms with van der Waals surface area (Å²) in [5.41, 5.74) is 6.91. The van der Waals surface area contributed by atoms with Gasteiger partial charge in [0.25, 0.3) is 0 Å². The number of carbonyl (C=O) groups excluding carboxylic acids is 1. The summed E-state index contributed by atoms with van der Waals surface area (Å²) in [5, 5.41) is 3.92. The Labute approximate surface area is 79.3 Å². The van der Waals surface area contributed by atoms with Crippen molar-refractivity contribution in [3.63, 3.8) is 0 Å². The molecule has 14 heavy (non-hydrogen) atoms. The second-order valence-corrected chi connectivity index (χ2v) is 2.70. The molecule has 0 fully saturated rings. The monoisotopic (exact) mass is 192 g/mol. The molecule has 2 heterocycles. The molecular formula is C8H8N4O2. The van der Waals surface area contributed by atoms with E-state index in [1.54, 1.807) is 0 Å². The number of methoxy groups -OCH3 is 1. The number of carbonyl (C=O) groups is 1. The van der Waals surface area contributed by atoms with Gasteiger partial charge in [-0.25, -0.2) is 14.3 Å². The highest BCUT2D eigenvalue weighted by Crippen LogP contribution is 2.10. The lowest BCUT2D eigenvalue weighted by molar-refractivity contribution is 0.0599. The lowest BCUT2D eigenvalue weighted by Gasteiger charge is -1.98. The fourth-order valence-corrected chi connectivity index (χ4v) is 1.12. The third kappa shape index (κ3) is 1.17. The number of aromatic nitrogens is 3. The standard InChI is InChI=1S/C8H8N4O2/c1-14-8(13)5-2-10-7-6(9)3-11-12(7)4-5/h2-4H,9H2,1H3. The van der Waals surface area contributed by atoms with Crippen LogP contribution in [0, 0.1) is 0 Å². The Balaban J connectivity index is 2.57. The minimum atomic E-state index is -0.450. The van der Waals surface area contributed by atoms with Crippen LogP contribution in [0.4, 0.5) is 5.69 Å². The fraction of sp³-hybridized carbons (Fsp3) is 0.125. The first kappa shape index (κ1) is 8.49. The first-order valence-electron chi connectivity index (χ1n) is 3.89. The number of hydrogen-bond acceptors (Lipinski definition) is 5. The number of hydrogen-bond donors (Lipinski definition) is 1. The minimum Gasteiger partial charge on any atom is -0.465 e. The molecule has 0 aromatic carbocycles. The average molecular weight is 192 g/mol. The van der Waals surface area contributed by atoms with Crippen LogP contribution in [0.5, 0.6) is 0 Å². The molecule has 6 nitrogen and oxygen atoms in total. The molecule has 0 aliphatic heterocycles. The van der Waals surface area contributed by atoms with Gasteiger partial charge in [0.1, 0.15) is 0 Å². The summed E-state index contributed by atoms with van der Waals surface area (Å²) in [6.07, 6.45) is 4.40. The zero-order chi connectivity index (χ0) is 10.1. The van der Waals surface area contributed by atoms with Crippen LogP contribution in [0.15, 0.2) is 18.6 Å². The van der Waals surface area contributed by atoms with Crippen LogP contribution in [0.25, 0.3) is 5.65 Å². The molecule has 2 N–H and O–H groups in total. The van der Waals surface area contributed by atoms with Gasteiger partial charge in [-0.3, -0.25) is 0 Å². The van der Waals surface area contributed by atoms with Crippen LogP contribution in [0.2, 0.25) is 0 Å². The molecule has 2 rings (SSSR count). The average Bonchev–Trinajstić information content (AvgIpc) is 2.59. The van der Waals surface area contributed by atoms with Crippen molar-refractivity contribution in [2.45, 2.75) is 0 Å². The maximum atomic E-state index is 11.1. The zero-order valence-electron chi connectivity index (χ0n) is 7.47. The highest BCUT2D eigenvalue weighted by Gasteiger charge is 2.08. The van der Waals surface area contributed by atoms with E-state index in [1.807, 2.05) is 0 Å². The first-order chi connectivity index (χ1) is 6.72. The van der Waals surface area contributed by atoms with E-state index in [4.69, 9.17) is 5.73 Å². The Morgan fingerprint density at radius 2 is 2.36 bits per heavy atom. The predicted octanol–water partition coefficient (Wildman–Crippen LogP) is 0.0981. The van der Waals surface area contributed by atoms with Gasteiger partial charge in [-0.05, 0) is 0 Å². The van der Waals surface area contributed by atoms with Crippen molar-refractivity contribution in [2.24, 2.45) is 0 Å². The summed E-state index contributed by atoms with van der Waals surface area (Å²) in [5.74, 6) is -0.450. The number of rotatable bonds is 1. The summed E-state index contributed by atoms with van der Waals surface area (Å²) in [7, 11) is 1.31. The molecule has 0 aliphatic carbocycles. The van der Waals surface area contributed by atoms with Gasteiger partial charge in [-0.1, -0.05) is 0 Å². The van der Waals surface area contributed by atoms with Crippen molar-refractivity contribution in [2.75, 3.05) is 12.8 Å². The topological polar surface area (TPSA) is 82.5 Å². The third-order valence-corrected chi connectivity index (χ3v) is 1.80. The Morgan fingerprint density at radius 3 is 3.07 bits per heavy atom. The largest absolute Gasteiger partial charge is 0.465 e. The number of nitrogens with zero attached hydrogens (tertiary/aromatic N) is 3. The van der Waals surface area contributed by atoms with Gasteiger partial charge in [-0.15, -0.1) is 0 Å². The molecule has 2 aromatic heterocycles. The van der Waals surface area contributed by atoms with Crippen LogP contribution in [-0.4, -0.2) is 27.7 Å². The maximum Gasteiger partial charge on any atom is 0.341 e. The van der Waals surface area contributed by atoms with E-state index in [2.05, 4.69) is 14.8 Å². The molecule has 6 heteroatoms. The normalized spacial score (nSPS) is 10.4. The van der Waals surface area contributed by atoms with Crippen LogP contribution < -0.4 is 5.73 Å². The van der Waals surface area contributed by atoms with Crippen molar-refractivity contribution < 1.29 is 9.53 Å². The molecular weight excluding hydrogens is 184 g/mol. The van der Waals surface area contributed by atoms with Gasteiger partial charge in [0.15, 0.2) is 5.65 Å². The van der Waals surface area contributed by atoms with E-state index < -0.39 is 5.97 Å². The zero-order valence-corrected chi connectivity index (χ0v) is 7.47. The van der Waals surface area contributed by atoms with E-state index in [1.165, 1.54) is 30.2 Å². The van der Waals surface area contributed by atoms with Crippen molar-refractivity contribution in [1.29, 1.82) is 0 Å². The van der Waals surface area contributed by atoms with Crippen LogP contribution >= 0.6 is 0 Å². The quantitative estimate of drug-likeness (QED) is 0.648. The number of nitrogens with two attached hydrogens (primary N) is 1. The molecule has 0 atom stereocenters. The van der Waals surface area contributed by atoms with Crippen molar-refractivity contribution >= 4 is 17.3 Å². The molecule has 72 valence electrons. The van der Waals surface area contributed by atoms with Gasteiger partial charge in [-0.2, -0.15) is 5.10 Å². The number of nitrogen functional groups attached to an aromatic ring is 1. The number of ether oxygens (including phenoxy) is 1. The first-order valence-corrected chi connectivity index (χ1v) is 3.89. The summed E-state index contributed by atoms with van der Waals surface area (Å²) < 4.78 is 5.97. The highest BCUT2D eigenvalue weighted by atomic mass is 16.5. The van der Waals surface area contributed by atoms with E-state index in [9.17, 15) is 4.79 Å². The van der Waals surface area contributed by atoms with Gasteiger partial charge in [0.05, 0.1) is 24.6 Å². The fourth-order valence-electron chi connectivity index (χ4n) is 1.12. The lowest BCUT2D eigenvalue weighted by Crippen LogP contribution is -2.04. The van der Waals surface area contributed by atoms with Crippen LogP contribution in [-0.2, 0) is 4.74 Å². The van der Waals surface area contributed by atoms with Gasteiger partial charge in [0.2, 0.25) is 0 Å². The smallest absolute Gasteiger partial charge is 0.341 e. The Morgan fingerprint density at radius 1 is 1.57 bits per heavy atom. The summed E-state index contributed by atoms with van der Waals surface area (Å²) in [6, 6.07) is 0. The Hall–Kier alpha value is -2.11. The third-order valence-electron chi connectivity index (χ3n) is 1.80. The molecule has 0 saturated carbocycles. The lowest BCUT2D eigenvalue weighted by atomic mass is 10.3. The van der Waals surface area contributed by atoms with Crippen molar-refractivity contribution in [1.82, 2.24) is 14.6 Å². The predicted molar refractivity (Wildman–Crippen MR) is 48.7 cm³/mol. The summed E-state index contributed by atoms with van der Waals surface area (Å²) in [6.45, 7) is 0. The van der Waals surface area contributed by atoms with Crippen molar-refractivity contribution in [3.05, 3.63) is 24.2 Å². The van der Waals surface area contributed by atoms with Gasteiger partial charge >= 0.3 is 5.97 Å². The van der Waals surface area contributed by atoms with E-state index >= 15 is 0 Å². The summed E-state index contributed by atoms with van der Waals surface area (Å²) in [4.78, 5) is 15.1. The Kier molecular flexibility index (Phi) is 1.81.